The number of alkyl halides is 2. The first-order valence-electron chi connectivity index (χ1n) is 7.79. The quantitative estimate of drug-likeness (QED) is 0.706. The molecule has 138 valence electrons. The zero-order chi connectivity index (χ0) is 19.2. The van der Waals surface area contributed by atoms with Crippen molar-refractivity contribution < 1.29 is 21.9 Å². The van der Waals surface area contributed by atoms with Gasteiger partial charge in [-0.05, 0) is 48.4 Å². The Labute approximate surface area is 151 Å². The SMILES string of the molecule is CN(CCc1ccc(C#N)cc1)S(=O)(=O)c1ccc(OCC(F)F)cc1. The Hall–Kier alpha value is -2.50. The van der Waals surface area contributed by atoms with Crippen LogP contribution in [-0.4, -0.2) is 39.3 Å². The maximum Gasteiger partial charge on any atom is 0.272 e. The van der Waals surface area contributed by atoms with Crippen molar-refractivity contribution in [1.82, 2.24) is 4.31 Å². The fourth-order valence-corrected chi connectivity index (χ4v) is 3.37. The molecule has 0 fully saturated rings. The van der Waals surface area contributed by atoms with Crippen molar-refractivity contribution in [3.05, 3.63) is 59.7 Å². The molecule has 0 saturated carbocycles. The van der Waals surface area contributed by atoms with E-state index in [1.165, 1.54) is 35.6 Å². The van der Waals surface area contributed by atoms with Crippen LogP contribution in [-0.2, 0) is 16.4 Å². The number of benzene rings is 2. The predicted molar refractivity (Wildman–Crippen MR) is 92.6 cm³/mol. The molecule has 5 nitrogen and oxygen atoms in total. The van der Waals surface area contributed by atoms with Crippen LogP contribution in [0.15, 0.2) is 53.4 Å². The van der Waals surface area contributed by atoms with Gasteiger partial charge in [0.15, 0.2) is 0 Å². The van der Waals surface area contributed by atoms with E-state index in [1.54, 1.807) is 24.3 Å². The summed E-state index contributed by atoms with van der Waals surface area (Å²) in [7, 11) is -2.22. The van der Waals surface area contributed by atoms with Gasteiger partial charge in [-0.2, -0.15) is 5.26 Å². The van der Waals surface area contributed by atoms with Crippen LogP contribution in [0, 0.1) is 11.3 Å². The molecule has 0 atom stereocenters. The molecule has 2 aromatic carbocycles. The summed E-state index contributed by atoms with van der Waals surface area (Å²) < 4.78 is 55.4. The smallest absolute Gasteiger partial charge is 0.272 e. The standard InChI is InChI=1S/C18H18F2N2O3S/c1-22(11-10-14-2-4-15(12-21)5-3-14)26(23,24)17-8-6-16(7-9-17)25-13-18(19)20/h2-9,18H,10-11,13H2,1H3. The Morgan fingerprint density at radius 2 is 1.73 bits per heavy atom. The molecule has 0 aliphatic heterocycles. The van der Waals surface area contributed by atoms with E-state index in [9.17, 15) is 17.2 Å². The summed E-state index contributed by atoms with van der Waals surface area (Å²) in [6, 6.07) is 14.3. The molecule has 0 heterocycles. The van der Waals surface area contributed by atoms with Crippen LogP contribution >= 0.6 is 0 Å². The van der Waals surface area contributed by atoms with E-state index in [0.29, 0.717) is 12.0 Å². The highest BCUT2D eigenvalue weighted by molar-refractivity contribution is 7.89. The number of hydrogen-bond donors (Lipinski definition) is 0. The van der Waals surface area contributed by atoms with E-state index in [0.717, 1.165) is 5.56 Å². The number of sulfonamides is 1. The highest BCUT2D eigenvalue weighted by Gasteiger charge is 2.20. The van der Waals surface area contributed by atoms with E-state index in [2.05, 4.69) is 0 Å². The summed E-state index contributed by atoms with van der Waals surface area (Å²) >= 11 is 0. The Bertz CT molecular complexity index is 861. The minimum Gasteiger partial charge on any atom is -0.488 e. The minimum atomic E-state index is -3.69. The third-order valence-electron chi connectivity index (χ3n) is 3.71. The van der Waals surface area contributed by atoms with Gasteiger partial charge in [0.05, 0.1) is 16.5 Å². The molecule has 2 rings (SSSR count). The normalized spacial score (nSPS) is 11.5. The summed E-state index contributed by atoms with van der Waals surface area (Å²) in [6.45, 7) is -0.478. The molecule has 0 saturated heterocycles. The van der Waals surface area contributed by atoms with Gasteiger partial charge in [0, 0.05) is 13.6 Å². The fourth-order valence-electron chi connectivity index (χ4n) is 2.20. The number of halogens is 2. The highest BCUT2D eigenvalue weighted by Crippen LogP contribution is 2.19. The predicted octanol–water partition coefficient (Wildman–Crippen LogP) is 3.07. The third kappa shape index (κ3) is 5.25. The first-order chi connectivity index (χ1) is 12.3. The van der Waals surface area contributed by atoms with Gasteiger partial charge in [0.25, 0.3) is 6.43 Å². The Morgan fingerprint density at radius 1 is 1.12 bits per heavy atom. The van der Waals surface area contributed by atoms with Gasteiger partial charge in [-0.15, -0.1) is 0 Å². The van der Waals surface area contributed by atoms with Crippen molar-refractivity contribution in [2.24, 2.45) is 0 Å². The Kier molecular flexibility index (Phi) is 6.66. The molecule has 0 bridgehead atoms. The van der Waals surface area contributed by atoms with E-state index in [-0.39, 0.29) is 17.2 Å². The maximum atomic E-state index is 12.6. The van der Waals surface area contributed by atoms with Crippen LogP contribution in [0.2, 0.25) is 0 Å². The number of ether oxygens (including phenoxy) is 1. The van der Waals surface area contributed by atoms with Gasteiger partial charge in [-0.25, -0.2) is 21.5 Å². The lowest BCUT2D eigenvalue weighted by atomic mass is 10.1. The summed E-state index contributed by atoms with van der Waals surface area (Å²) in [5.74, 6) is 0.185. The number of hydrogen-bond acceptors (Lipinski definition) is 4. The summed E-state index contributed by atoms with van der Waals surface area (Å²) in [4.78, 5) is 0.0595. The van der Waals surface area contributed by atoms with Gasteiger partial charge in [-0.3, -0.25) is 0 Å². The van der Waals surface area contributed by atoms with Crippen LogP contribution in [0.25, 0.3) is 0 Å². The second-order valence-electron chi connectivity index (χ2n) is 5.56. The molecular formula is C18H18F2N2O3S. The van der Waals surface area contributed by atoms with E-state index in [1.807, 2.05) is 6.07 Å². The molecule has 8 heteroatoms. The van der Waals surface area contributed by atoms with Crippen molar-refractivity contribution in [3.63, 3.8) is 0 Å². The van der Waals surface area contributed by atoms with Gasteiger partial charge in [-0.1, -0.05) is 12.1 Å². The minimum absolute atomic E-state index is 0.0595. The molecular weight excluding hydrogens is 362 g/mol. The average Bonchev–Trinajstić information content (AvgIpc) is 2.65. The van der Waals surface area contributed by atoms with Gasteiger partial charge < -0.3 is 4.74 Å². The molecule has 0 amide bonds. The van der Waals surface area contributed by atoms with E-state index in [4.69, 9.17) is 10.00 Å². The largest absolute Gasteiger partial charge is 0.488 e. The molecule has 2 aromatic rings. The van der Waals surface area contributed by atoms with Crippen LogP contribution in [0.3, 0.4) is 0 Å². The zero-order valence-corrected chi connectivity index (χ0v) is 14.9. The van der Waals surface area contributed by atoms with Crippen molar-refractivity contribution in [3.8, 4) is 11.8 Å². The second kappa shape index (κ2) is 8.74. The highest BCUT2D eigenvalue weighted by atomic mass is 32.2. The van der Waals surface area contributed by atoms with Crippen molar-refractivity contribution in [2.45, 2.75) is 17.7 Å². The molecule has 26 heavy (non-hydrogen) atoms. The molecule has 0 unspecified atom stereocenters. The van der Waals surface area contributed by atoms with Crippen LogP contribution in [0.5, 0.6) is 5.75 Å². The number of nitriles is 1. The van der Waals surface area contributed by atoms with Crippen LogP contribution in [0.1, 0.15) is 11.1 Å². The first kappa shape index (κ1) is 19.8. The number of rotatable bonds is 8. The van der Waals surface area contributed by atoms with Crippen molar-refractivity contribution in [1.29, 1.82) is 5.26 Å². The van der Waals surface area contributed by atoms with Gasteiger partial charge >= 0.3 is 0 Å². The zero-order valence-electron chi connectivity index (χ0n) is 14.1. The summed E-state index contributed by atoms with van der Waals surface area (Å²) in [6.07, 6.45) is -2.09. The maximum absolute atomic E-state index is 12.6. The average molecular weight is 380 g/mol. The van der Waals surface area contributed by atoms with Crippen molar-refractivity contribution in [2.75, 3.05) is 20.2 Å². The second-order valence-corrected chi connectivity index (χ2v) is 7.60. The van der Waals surface area contributed by atoms with E-state index >= 15 is 0 Å². The van der Waals surface area contributed by atoms with Crippen LogP contribution < -0.4 is 4.74 Å². The topological polar surface area (TPSA) is 70.4 Å². The molecule has 0 aliphatic rings. The molecule has 0 N–H and O–H groups in total. The molecule has 0 radical (unpaired) electrons. The summed E-state index contributed by atoms with van der Waals surface area (Å²) in [5.41, 5.74) is 1.46. The fraction of sp³-hybridized carbons (Fsp3) is 0.278. The number of likely N-dealkylation sites (N-methyl/N-ethyl adjacent to an activating group) is 1. The summed E-state index contributed by atoms with van der Waals surface area (Å²) in [5, 5.41) is 8.78. The van der Waals surface area contributed by atoms with Crippen molar-refractivity contribution >= 4 is 10.0 Å². The first-order valence-corrected chi connectivity index (χ1v) is 9.23. The van der Waals surface area contributed by atoms with Gasteiger partial charge in [0.2, 0.25) is 10.0 Å². The number of nitrogens with zero attached hydrogens (tertiary/aromatic N) is 2. The lowest BCUT2D eigenvalue weighted by Crippen LogP contribution is -2.29. The molecule has 0 aromatic heterocycles. The Morgan fingerprint density at radius 3 is 2.27 bits per heavy atom. The molecule has 0 spiro atoms. The monoisotopic (exact) mass is 380 g/mol. The van der Waals surface area contributed by atoms with E-state index < -0.39 is 23.1 Å². The lowest BCUT2D eigenvalue weighted by molar-refractivity contribution is 0.0819. The molecule has 0 aliphatic carbocycles. The third-order valence-corrected chi connectivity index (χ3v) is 5.58. The van der Waals surface area contributed by atoms with Crippen LogP contribution in [0.4, 0.5) is 8.78 Å². The lowest BCUT2D eigenvalue weighted by Gasteiger charge is -2.17. The Balaban J connectivity index is 2.00. The van der Waals surface area contributed by atoms with Gasteiger partial charge in [0.1, 0.15) is 12.4 Å².